The van der Waals surface area contributed by atoms with Crippen LogP contribution in [-0.2, 0) is 10.8 Å². The Labute approximate surface area is 86.2 Å². The predicted molar refractivity (Wildman–Crippen MR) is 56.0 cm³/mol. The maximum Gasteiger partial charge on any atom is 0.118 e. The number of rotatable bonds is 4. The zero-order valence-corrected chi connectivity index (χ0v) is 9.08. The van der Waals surface area contributed by atoms with Gasteiger partial charge in [-0.2, -0.15) is 0 Å². The Bertz CT molecular complexity index is 306. The van der Waals surface area contributed by atoms with Gasteiger partial charge in [0.1, 0.15) is 5.75 Å². The van der Waals surface area contributed by atoms with E-state index in [1.54, 1.807) is 38.3 Å². The third-order valence-corrected chi connectivity index (χ3v) is 3.30. The lowest BCUT2D eigenvalue weighted by molar-refractivity contribution is 0.219. The molecular weight excluding hydrogens is 200 g/mol. The van der Waals surface area contributed by atoms with Gasteiger partial charge in [-0.15, -0.1) is 0 Å². The van der Waals surface area contributed by atoms with Gasteiger partial charge in [0, 0.05) is 4.90 Å². The topological polar surface area (TPSA) is 46.5 Å². The average Bonchev–Trinajstić information content (AvgIpc) is 2.17. The SMILES string of the molecule is COc1ccc(S(=O)C[C@H](C)O)cc1. The molecule has 2 atom stereocenters. The van der Waals surface area contributed by atoms with Crippen molar-refractivity contribution in [2.24, 2.45) is 0 Å². The molecule has 1 aromatic carbocycles. The van der Waals surface area contributed by atoms with Crippen LogP contribution in [0.3, 0.4) is 0 Å². The van der Waals surface area contributed by atoms with E-state index in [1.165, 1.54) is 0 Å². The van der Waals surface area contributed by atoms with E-state index in [-0.39, 0.29) is 5.75 Å². The largest absolute Gasteiger partial charge is 0.497 e. The van der Waals surface area contributed by atoms with Crippen molar-refractivity contribution in [2.45, 2.75) is 17.9 Å². The zero-order valence-electron chi connectivity index (χ0n) is 8.27. The second-order valence-electron chi connectivity index (χ2n) is 3.04. The molecule has 1 rings (SSSR count). The number of aliphatic hydroxyl groups is 1. The van der Waals surface area contributed by atoms with E-state index in [2.05, 4.69) is 0 Å². The minimum absolute atomic E-state index is 0.270. The van der Waals surface area contributed by atoms with E-state index >= 15 is 0 Å². The van der Waals surface area contributed by atoms with E-state index in [0.717, 1.165) is 5.75 Å². The standard InChI is InChI=1S/C10H14O3S/c1-8(11)7-14(12)10-5-3-9(13-2)4-6-10/h3-6,8,11H,7H2,1-2H3/t8-,14?/m0/s1. The summed E-state index contributed by atoms with van der Waals surface area (Å²) in [6.45, 7) is 1.63. The highest BCUT2D eigenvalue weighted by Gasteiger charge is 2.06. The quantitative estimate of drug-likeness (QED) is 0.818. The summed E-state index contributed by atoms with van der Waals surface area (Å²) in [5.41, 5.74) is 0. The van der Waals surface area contributed by atoms with E-state index < -0.39 is 16.9 Å². The number of ether oxygens (including phenoxy) is 1. The van der Waals surface area contributed by atoms with Crippen molar-refractivity contribution in [3.05, 3.63) is 24.3 Å². The monoisotopic (exact) mass is 214 g/mol. The minimum atomic E-state index is -1.13. The summed E-state index contributed by atoms with van der Waals surface area (Å²) in [7, 11) is 0.456. The molecule has 78 valence electrons. The molecule has 1 unspecified atom stereocenters. The fourth-order valence-electron chi connectivity index (χ4n) is 1.04. The van der Waals surface area contributed by atoms with Crippen LogP contribution in [0.1, 0.15) is 6.92 Å². The second kappa shape index (κ2) is 5.12. The lowest BCUT2D eigenvalue weighted by Crippen LogP contribution is -2.12. The summed E-state index contributed by atoms with van der Waals surface area (Å²) < 4.78 is 16.5. The molecular formula is C10H14O3S. The number of aliphatic hydroxyl groups excluding tert-OH is 1. The number of benzene rings is 1. The zero-order chi connectivity index (χ0) is 10.6. The van der Waals surface area contributed by atoms with Crippen LogP contribution in [0, 0.1) is 0 Å². The Balaban J connectivity index is 2.71. The fraction of sp³-hybridized carbons (Fsp3) is 0.400. The molecule has 0 aliphatic heterocycles. The van der Waals surface area contributed by atoms with Crippen LogP contribution in [0.15, 0.2) is 29.2 Å². The molecule has 0 radical (unpaired) electrons. The van der Waals surface area contributed by atoms with E-state index in [1.807, 2.05) is 0 Å². The van der Waals surface area contributed by atoms with Gasteiger partial charge in [-0.25, -0.2) is 0 Å². The molecule has 0 aliphatic rings. The molecule has 0 bridgehead atoms. The van der Waals surface area contributed by atoms with Gasteiger partial charge in [0.15, 0.2) is 0 Å². The molecule has 0 saturated heterocycles. The van der Waals surface area contributed by atoms with Crippen molar-refractivity contribution >= 4 is 10.8 Å². The van der Waals surface area contributed by atoms with Crippen LogP contribution >= 0.6 is 0 Å². The average molecular weight is 214 g/mol. The molecule has 0 aliphatic carbocycles. The van der Waals surface area contributed by atoms with E-state index in [0.29, 0.717) is 4.90 Å². The maximum absolute atomic E-state index is 11.6. The maximum atomic E-state index is 11.6. The predicted octanol–water partition coefficient (Wildman–Crippen LogP) is 1.18. The summed E-state index contributed by atoms with van der Waals surface area (Å²) in [5.74, 6) is 1.01. The highest BCUT2D eigenvalue weighted by Crippen LogP contribution is 2.14. The Morgan fingerprint density at radius 3 is 2.43 bits per heavy atom. The Kier molecular flexibility index (Phi) is 4.10. The minimum Gasteiger partial charge on any atom is -0.497 e. The van der Waals surface area contributed by atoms with Crippen LogP contribution < -0.4 is 4.74 Å². The molecule has 0 aromatic heterocycles. The van der Waals surface area contributed by atoms with Crippen LogP contribution in [0.5, 0.6) is 5.75 Å². The second-order valence-corrected chi connectivity index (χ2v) is 4.53. The van der Waals surface area contributed by atoms with E-state index in [4.69, 9.17) is 9.84 Å². The van der Waals surface area contributed by atoms with Gasteiger partial charge in [0.25, 0.3) is 0 Å². The number of hydrogen-bond donors (Lipinski definition) is 1. The van der Waals surface area contributed by atoms with Crippen molar-refractivity contribution < 1.29 is 14.1 Å². The van der Waals surface area contributed by atoms with Gasteiger partial charge in [0.05, 0.1) is 29.8 Å². The van der Waals surface area contributed by atoms with Crippen LogP contribution in [0.4, 0.5) is 0 Å². The number of methoxy groups -OCH3 is 1. The van der Waals surface area contributed by atoms with Gasteiger partial charge in [0.2, 0.25) is 0 Å². The van der Waals surface area contributed by atoms with Crippen molar-refractivity contribution in [1.82, 2.24) is 0 Å². The third-order valence-electron chi connectivity index (χ3n) is 1.71. The first kappa shape index (κ1) is 11.2. The molecule has 4 heteroatoms. The smallest absolute Gasteiger partial charge is 0.118 e. The molecule has 14 heavy (non-hydrogen) atoms. The van der Waals surface area contributed by atoms with Crippen LogP contribution in [0.25, 0.3) is 0 Å². The molecule has 0 fully saturated rings. The number of hydrogen-bond acceptors (Lipinski definition) is 3. The summed E-state index contributed by atoms with van der Waals surface area (Å²) in [4.78, 5) is 0.715. The summed E-state index contributed by atoms with van der Waals surface area (Å²) in [6, 6.07) is 7.01. The first-order valence-corrected chi connectivity index (χ1v) is 5.66. The molecule has 0 spiro atoms. The van der Waals surface area contributed by atoms with Crippen molar-refractivity contribution in [2.75, 3.05) is 12.9 Å². The van der Waals surface area contributed by atoms with Gasteiger partial charge in [-0.1, -0.05) is 0 Å². The Morgan fingerprint density at radius 1 is 1.43 bits per heavy atom. The van der Waals surface area contributed by atoms with Gasteiger partial charge in [-0.05, 0) is 31.2 Å². The Morgan fingerprint density at radius 2 is 2.00 bits per heavy atom. The van der Waals surface area contributed by atoms with Gasteiger partial charge in [-0.3, -0.25) is 4.21 Å². The molecule has 0 heterocycles. The van der Waals surface area contributed by atoms with Gasteiger partial charge < -0.3 is 9.84 Å². The van der Waals surface area contributed by atoms with E-state index in [9.17, 15) is 4.21 Å². The van der Waals surface area contributed by atoms with Crippen LogP contribution in [0.2, 0.25) is 0 Å². The normalized spacial score (nSPS) is 14.8. The first-order chi connectivity index (χ1) is 6.63. The lowest BCUT2D eigenvalue weighted by Gasteiger charge is -2.05. The van der Waals surface area contributed by atoms with Crippen molar-refractivity contribution in [3.63, 3.8) is 0 Å². The molecule has 1 aromatic rings. The summed E-state index contributed by atoms with van der Waals surface area (Å²) in [5, 5.41) is 9.07. The van der Waals surface area contributed by atoms with Crippen LogP contribution in [-0.4, -0.2) is 28.3 Å². The molecule has 3 nitrogen and oxygen atoms in total. The fourth-order valence-corrected chi connectivity index (χ4v) is 2.11. The summed E-state index contributed by atoms with van der Waals surface area (Å²) in [6.07, 6.45) is -0.544. The third kappa shape index (κ3) is 3.12. The summed E-state index contributed by atoms with van der Waals surface area (Å²) >= 11 is 0. The van der Waals surface area contributed by atoms with Crippen molar-refractivity contribution in [1.29, 1.82) is 0 Å². The highest BCUT2D eigenvalue weighted by atomic mass is 32.2. The molecule has 1 N–H and O–H groups in total. The first-order valence-electron chi connectivity index (χ1n) is 4.34. The lowest BCUT2D eigenvalue weighted by atomic mass is 10.3. The molecule has 0 amide bonds. The van der Waals surface area contributed by atoms with Crippen molar-refractivity contribution in [3.8, 4) is 5.75 Å². The van der Waals surface area contributed by atoms with Gasteiger partial charge >= 0.3 is 0 Å². The molecule has 0 saturated carbocycles. The highest BCUT2D eigenvalue weighted by molar-refractivity contribution is 7.85. The Hall–Kier alpha value is -0.870.